The van der Waals surface area contributed by atoms with E-state index >= 15 is 0 Å². The lowest BCUT2D eigenvalue weighted by Gasteiger charge is -2.21. The van der Waals surface area contributed by atoms with Crippen molar-refractivity contribution in [2.24, 2.45) is 0 Å². The molecule has 0 radical (unpaired) electrons. The van der Waals surface area contributed by atoms with Crippen LogP contribution in [0.2, 0.25) is 0 Å². The molecule has 4 nitrogen and oxygen atoms in total. The molecule has 1 N–H and O–H groups in total. The summed E-state index contributed by atoms with van der Waals surface area (Å²) in [6, 6.07) is 0. The van der Waals surface area contributed by atoms with Gasteiger partial charge in [0.1, 0.15) is 0 Å². The molecule has 0 aromatic rings. The summed E-state index contributed by atoms with van der Waals surface area (Å²) in [6.45, 7) is 7.65. The van der Waals surface area contributed by atoms with E-state index in [0.29, 0.717) is 6.54 Å². The van der Waals surface area contributed by atoms with Crippen LogP contribution in [0.25, 0.3) is 0 Å². The van der Waals surface area contributed by atoms with Crippen LogP contribution in [0.3, 0.4) is 0 Å². The Bertz CT molecular complexity index is 138. The fourth-order valence-electron chi connectivity index (χ4n) is 1.25. The van der Waals surface area contributed by atoms with Gasteiger partial charge >= 0.3 is 0 Å². The molecule has 0 bridgehead atoms. The average Bonchev–Trinajstić information content (AvgIpc) is 2.04. The lowest BCUT2D eigenvalue weighted by Crippen LogP contribution is -2.33. The van der Waals surface area contributed by atoms with Gasteiger partial charge in [0.25, 0.3) is 0 Å². The van der Waals surface area contributed by atoms with Crippen LogP contribution in [0, 0.1) is 0 Å². The molecular formula is C8H19N2O2S-. The Morgan fingerprint density at radius 1 is 1.23 bits per heavy atom. The van der Waals surface area contributed by atoms with Gasteiger partial charge in [-0.3, -0.25) is 4.21 Å². The van der Waals surface area contributed by atoms with E-state index in [1.165, 1.54) is 0 Å². The summed E-state index contributed by atoms with van der Waals surface area (Å²) < 4.78 is 22.7. The van der Waals surface area contributed by atoms with Gasteiger partial charge in [0, 0.05) is 24.4 Å². The van der Waals surface area contributed by atoms with E-state index in [1.807, 2.05) is 0 Å². The molecule has 1 unspecified atom stereocenters. The second-order valence-corrected chi connectivity index (χ2v) is 3.73. The Kier molecular flexibility index (Phi) is 8.64. The zero-order chi connectivity index (χ0) is 10.1. The largest absolute Gasteiger partial charge is 0.760 e. The maximum atomic E-state index is 10.2. The summed E-state index contributed by atoms with van der Waals surface area (Å²) >= 11 is -2.12. The van der Waals surface area contributed by atoms with Crippen molar-refractivity contribution in [2.45, 2.75) is 26.7 Å². The Morgan fingerprint density at radius 3 is 2.15 bits per heavy atom. The molecule has 0 aliphatic carbocycles. The molecule has 0 saturated carbocycles. The predicted molar refractivity (Wildman–Crippen MR) is 53.9 cm³/mol. The van der Waals surface area contributed by atoms with Crippen LogP contribution in [-0.2, 0) is 11.3 Å². The molecule has 5 heteroatoms. The second-order valence-electron chi connectivity index (χ2n) is 2.97. The normalized spacial score (nSPS) is 13.5. The summed E-state index contributed by atoms with van der Waals surface area (Å²) in [7, 11) is 0. The first-order valence-electron chi connectivity index (χ1n) is 4.75. The molecule has 0 saturated heterocycles. The zero-order valence-corrected chi connectivity index (χ0v) is 9.23. The van der Waals surface area contributed by atoms with Crippen LogP contribution in [0.15, 0.2) is 0 Å². The SMILES string of the molecule is CCCN(CCC)CCNS(=O)[O-]. The minimum atomic E-state index is -2.12. The van der Waals surface area contributed by atoms with Gasteiger partial charge in [-0.15, -0.1) is 0 Å². The van der Waals surface area contributed by atoms with Crippen LogP contribution < -0.4 is 4.72 Å². The average molecular weight is 207 g/mol. The Morgan fingerprint density at radius 2 is 1.77 bits per heavy atom. The van der Waals surface area contributed by atoms with E-state index in [0.717, 1.165) is 32.5 Å². The Balaban J connectivity index is 3.49. The first kappa shape index (κ1) is 13.0. The summed E-state index contributed by atoms with van der Waals surface area (Å²) in [5.74, 6) is 0. The van der Waals surface area contributed by atoms with Crippen molar-refractivity contribution in [3.8, 4) is 0 Å². The van der Waals surface area contributed by atoms with Gasteiger partial charge in [-0.2, -0.15) is 0 Å². The second kappa shape index (κ2) is 8.62. The lowest BCUT2D eigenvalue weighted by atomic mass is 10.3. The van der Waals surface area contributed by atoms with Crippen molar-refractivity contribution in [1.29, 1.82) is 0 Å². The van der Waals surface area contributed by atoms with Crippen molar-refractivity contribution in [2.75, 3.05) is 26.2 Å². The third-order valence-corrected chi connectivity index (χ3v) is 2.17. The summed E-state index contributed by atoms with van der Waals surface area (Å²) in [6.07, 6.45) is 2.22. The number of rotatable bonds is 8. The van der Waals surface area contributed by atoms with Crippen molar-refractivity contribution in [1.82, 2.24) is 9.62 Å². The fourth-order valence-corrected chi connectivity index (χ4v) is 1.51. The fraction of sp³-hybridized carbons (Fsp3) is 1.00. The van der Waals surface area contributed by atoms with Crippen molar-refractivity contribution in [3.05, 3.63) is 0 Å². The van der Waals surface area contributed by atoms with Crippen LogP contribution in [-0.4, -0.2) is 39.8 Å². The van der Waals surface area contributed by atoms with Gasteiger partial charge in [-0.05, 0) is 25.9 Å². The molecule has 1 atom stereocenters. The summed E-state index contributed by atoms with van der Waals surface area (Å²) in [4.78, 5) is 2.26. The van der Waals surface area contributed by atoms with Crippen LogP contribution >= 0.6 is 0 Å². The highest BCUT2D eigenvalue weighted by molar-refractivity contribution is 7.77. The Labute approximate surface area is 83.1 Å². The molecule has 0 amide bonds. The van der Waals surface area contributed by atoms with Crippen LogP contribution in [0.5, 0.6) is 0 Å². The van der Waals surface area contributed by atoms with Crippen LogP contribution in [0.4, 0.5) is 0 Å². The lowest BCUT2D eigenvalue weighted by molar-refractivity contribution is 0.279. The Hall–Kier alpha value is 0.0300. The first-order valence-corrected chi connectivity index (χ1v) is 5.83. The van der Waals surface area contributed by atoms with Gasteiger partial charge in [-0.1, -0.05) is 13.8 Å². The highest BCUT2D eigenvalue weighted by Gasteiger charge is 2.00. The predicted octanol–water partition coefficient (Wildman–Crippen LogP) is 0.492. The molecule has 0 aliphatic heterocycles. The van der Waals surface area contributed by atoms with Gasteiger partial charge in [0.05, 0.1) is 0 Å². The molecule has 80 valence electrons. The summed E-state index contributed by atoms with van der Waals surface area (Å²) in [5, 5.41) is 0. The minimum Gasteiger partial charge on any atom is -0.760 e. The molecule has 13 heavy (non-hydrogen) atoms. The standard InChI is InChI=1S/C8H20N2O2S/c1-3-6-10(7-4-2)8-5-9-13(11)12/h9H,3-8H2,1-2H3,(H,11,12)/p-1. The third-order valence-electron chi connectivity index (χ3n) is 1.73. The maximum absolute atomic E-state index is 10.2. The number of hydrogen-bond acceptors (Lipinski definition) is 3. The molecule has 0 aliphatic rings. The molecule has 0 aromatic carbocycles. The van der Waals surface area contributed by atoms with E-state index in [1.54, 1.807) is 0 Å². The molecule has 0 rings (SSSR count). The monoisotopic (exact) mass is 207 g/mol. The van der Waals surface area contributed by atoms with Crippen molar-refractivity contribution >= 4 is 11.3 Å². The van der Waals surface area contributed by atoms with E-state index in [-0.39, 0.29) is 0 Å². The quantitative estimate of drug-likeness (QED) is 0.589. The van der Waals surface area contributed by atoms with E-state index in [2.05, 4.69) is 23.5 Å². The number of nitrogens with one attached hydrogen (secondary N) is 1. The smallest absolute Gasteiger partial charge is 0.0199 e. The van der Waals surface area contributed by atoms with E-state index in [9.17, 15) is 8.76 Å². The first-order chi connectivity index (χ1) is 6.20. The van der Waals surface area contributed by atoms with Gasteiger partial charge in [-0.25, -0.2) is 4.72 Å². The number of hydrogen-bond donors (Lipinski definition) is 1. The maximum Gasteiger partial charge on any atom is 0.0199 e. The molecule has 0 fully saturated rings. The highest BCUT2D eigenvalue weighted by atomic mass is 32.2. The highest BCUT2D eigenvalue weighted by Crippen LogP contribution is 1.92. The van der Waals surface area contributed by atoms with E-state index < -0.39 is 11.3 Å². The van der Waals surface area contributed by atoms with Crippen molar-refractivity contribution < 1.29 is 8.76 Å². The van der Waals surface area contributed by atoms with E-state index in [4.69, 9.17) is 0 Å². The van der Waals surface area contributed by atoms with Gasteiger partial charge in [0.2, 0.25) is 0 Å². The molecule has 0 heterocycles. The number of nitrogens with zero attached hydrogens (tertiary/aromatic N) is 1. The van der Waals surface area contributed by atoms with Crippen LogP contribution in [0.1, 0.15) is 26.7 Å². The van der Waals surface area contributed by atoms with Gasteiger partial charge < -0.3 is 9.45 Å². The molecule has 0 aromatic heterocycles. The van der Waals surface area contributed by atoms with Gasteiger partial charge in [0.15, 0.2) is 0 Å². The minimum absolute atomic E-state index is 0.510. The topological polar surface area (TPSA) is 55.4 Å². The summed E-state index contributed by atoms with van der Waals surface area (Å²) in [5.41, 5.74) is 0. The van der Waals surface area contributed by atoms with Crippen molar-refractivity contribution in [3.63, 3.8) is 0 Å². The zero-order valence-electron chi connectivity index (χ0n) is 8.41. The molecular weight excluding hydrogens is 188 g/mol. The molecule has 0 spiro atoms. The third kappa shape index (κ3) is 8.36.